The number of ether oxygens (including phenoxy) is 1. The van der Waals surface area contributed by atoms with Gasteiger partial charge in [0.15, 0.2) is 5.66 Å². The van der Waals surface area contributed by atoms with Gasteiger partial charge in [-0.05, 0) is 64.4 Å². The second kappa shape index (κ2) is 9.15. The van der Waals surface area contributed by atoms with Gasteiger partial charge in [-0.2, -0.15) is 0 Å². The summed E-state index contributed by atoms with van der Waals surface area (Å²) in [5, 5.41) is 3.23. The molecule has 0 aliphatic carbocycles. The number of nitrogens with one attached hydrogen (secondary N) is 1. The molecule has 0 bridgehead atoms. The predicted molar refractivity (Wildman–Crippen MR) is 137 cm³/mol. The van der Waals surface area contributed by atoms with Gasteiger partial charge in [0.05, 0.1) is 13.2 Å². The molecular weight excluding hydrogens is 443 g/mol. The van der Waals surface area contributed by atoms with Gasteiger partial charge in [-0.3, -0.25) is 4.90 Å². The Hall–Kier alpha value is -3.13. The Balaban J connectivity index is 1.51. The molecule has 1 aromatic carbocycles. The van der Waals surface area contributed by atoms with Crippen molar-refractivity contribution in [1.29, 1.82) is 0 Å². The van der Waals surface area contributed by atoms with E-state index >= 15 is 0 Å². The Morgan fingerprint density at radius 3 is 2.66 bits per heavy atom. The van der Waals surface area contributed by atoms with Crippen molar-refractivity contribution in [3.05, 3.63) is 70.5 Å². The van der Waals surface area contributed by atoms with Crippen LogP contribution in [0.2, 0.25) is 0 Å². The molecule has 8 heteroatoms. The molecule has 186 valence electrons. The number of halogens is 1. The molecule has 4 aliphatic heterocycles. The predicted octanol–water partition coefficient (Wildman–Crippen LogP) is 4.29. The Kier molecular flexibility index (Phi) is 6.17. The number of rotatable bonds is 5. The van der Waals surface area contributed by atoms with Crippen LogP contribution < -0.4 is 5.32 Å². The second-order valence-corrected chi connectivity index (χ2v) is 9.96. The Labute approximate surface area is 207 Å². The van der Waals surface area contributed by atoms with Crippen LogP contribution >= 0.6 is 0 Å². The fraction of sp³-hybridized carbons (Fsp3) is 0.481. The highest BCUT2D eigenvalue weighted by atomic mass is 19.1. The number of amidine groups is 2. The number of hydrogen-bond donors (Lipinski definition) is 1. The fourth-order valence-electron chi connectivity index (χ4n) is 5.51. The maximum absolute atomic E-state index is 14.4. The first kappa shape index (κ1) is 23.6. The molecule has 2 unspecified atom stereocenters. The molecule has 1 saturated heterocycles. The molecule has 0 aromatic heterocycles. The molecule has 0 saturated carbocycles. The van der Waals surface area contributed by atoms with Crippen molar-refractivity contribution >= 4 is 11.9 Å². The zero-order valence-electron chi connectivity index (χ0n) is 21.3. The number of hydrogen-bond acceptors (Lipinski definition) is 7. The SMILES string of the molecule is CCOC1=NC2(C)C(=C(C)N1)N=C(C1=CN(C)CC(F)=C1)N2Cc1ccc(C2CCCN2C)cc1. The summed E-state index contributed by atoms with van der Waals surface area (Å²) in [5.74, 6) is 0.534. The number of likely N-dealkylation sites (N-methyl/N-ethyl adjacent to an activating group) is 1. The smallest absolute Gasteiger partial charge is 0.291 e. The maximum Gasteiger partial charge on any atom is 0.291 e. The molecule has 4 aliphatic rings. The highest BCUT2D eigenvalue weighted by Crippen LogP contribution is 2.41. The minimum atomic E-state index is -0.763. The Morgan fingerprint density at radius 2 is 2.00 bits per heavy atom. The maximum atomic E-state index is 14.4. The summed E-state index contributed by atoms with van der Waals surface area (Å²) in [6.45, 7) is 8.49. The van der Waals surface area contributed by atoms with Crippen molar-refractivity contribution in [1.82, 2.24) is 20.0 Å². The number of likely N-dealkylation sites (tertiary alicyclic amines) is 1. The van der Waals surface area contributed by atoms with Crippen molar-refractivity contribution in [2.45, 2.75) is 51.9 Å². The number of allylic oxidation sites excluding steroid dienone is 1. The van der Waals surface area contributed by atoms with E-state index in [2.05, 4.69) is 53.4 Å². The van der Waals surface area contributed by atoms with Gasteiger partial charge >= 0.3 is 0 Å². The van der Waals surface area contributed by atoms with Crippen LogP contribution in [0, 0.1) is 0 Å². The van der Waals surface area contributed by atoms with Gasteiger partial charge < -0.3 is 19.9 Å². The van der Waals surface area contributed by atoms with Crippen LogP contribution in [0.1, 0.15) is 50.8 Å². The lowest BCUT2D eigenvalue weighted by Crippen LogP contribution is -2.49. The molecule has 5 rings (SSSR count). The summed E-state index contributed by atoms with van der Waals surface area (Å²) in [7, 11) is 4.07. The zero-order valence-corrected chi connectivity index (χ0v) is 21.3. The van der Waals surface area contributed by atoms with Crippen LogP contribution in [0.25, 0.3) is 0 Å². The Morgan fingerprint density at radius 1 is 1.23 bits per heavy atom. The van der Waals surface area contributed by atoms with E-state index in [1.165, 1.54) is 18.4 Å². The minimum absolute atomic E-state index is 0.181. The van der Waals surface area contributed by atoms with E-state index in [1.54, 1.807) is 6.08 Å². The fourth-order valence-corrected chi connectivity index (χ4v) is 5.51. The number of fused-ring (bicyclic) bond motifs is 1. The van der Waals surface area contributed by atoms with Crippen LogP contribution in [0.5, 0.6) is 0 Å². The molecule has 7 nitrogen and oxygen atoms in total. The lowest BCUT2D eigenvalue weighted by Gasteiger charge is -2.38. The average Bonchev–Trinajstić information content (AvgIpc) is 3.35. The lowest BCUT2D eigenvalue weighted by atomic mass is 10.0. The van der Waals surface area contributed by atoms with Crippen molar-refractivity contribution < 1.29 is 9.13 Å². The van der Waals surface area contributed by atoms with Crippen LogP contribution in [-0.4, -0.2) is 66.0 Å². The van der Waals surface area contributed by atoms with E-state index in [4.69, 9.17) is 14.7 Å². The van der Waals surface area contributed by atoms with E-state index in [1.807, 2.05) is 32.0 Å². The second-order valence-electron chi connectivity index (χ2n) is 9.96. The normalized spacial score (nSPS) is 26.7. The van der Waals surface area contributed by atoms with E-state index in [0.717, 1.165) is 29.1 Å². The van der Waals surface area contributed by atoms with Gasteiger partial charge in [-0.15, -0.1) is 0 Å². The zero-order chi connectivity index (χ0) is 24.7. The number of benzene rings is 1. The van der Waals surface area contributed by atoms with Crippen LogP contribution in [-0.2, 0) is 11.3 Å². The molecule has 1 aromatic rings. The number of aliphatic imine (C=N–C) groups is 2. The number of nitrogens with zero attached hydrogens (tertiary/aromatic N) is 5. The molecule has 0 amide bonds. The van der Waals surface area contributed by atoms with Crippen molar-refractivity contribution in [3.63, 3.8) is 0 Å². The largest absolute Gasteiger partial charge is 0.465 e. The van der Waals surface area contributed by atoms with E-state index in [9.17, 15) is 4.39 Å². The quantitative estimate of drug-likeness (QED) is 0.684. The molecular formula is C27H35FN6O. The van der Waals surface area contributed by atoms with Crippen LogP contribution in [0.4, 0.5) is 4.39 Å². The first-order valence-corrected chi connectivity index (χ1v) is 12.4. The molecule has 1 fully saturated rings. The van der Waals surface area contributed by atoms with Crippen molar-refractivity contribution in [3.8, 4) is 0 Å². The summed E-state index contributed by atoms with van der Waals surface area (Å²) in [5.41, 5.74) is 4.20. The highest BCUT2D eigenvalue weighted by Gasteiger charge is 2.48. The summed E-state index contributed by atoms with van der Waals surface area (Å²) in [6, 6.07) is 9.84. The van der Waals surface area contributed by atoms with Crippen LogP contribution in [0.15, 0.2) is 69.3 Å². The first-order chi connectivity index (χ1) is 16.8. The molecule has 2 atom stereocenters. The molecule has 0 spiro atoms. The van der Waals surface area contributed by atoms with Crippen LogP contribution in [0.3, 0.4) is 0 Å². The third-order valence-corrected chi connectivity index (χ3v) is 7.25. The Bertz CT molecular complexity index is 1150. The van der Waals surface area contributed by atoms with Gasteiger partial charge in [0.25, 0.3) is 6.02 Å². The lowest BCUT2D eigenvalue weighted by molar-refractivity contribution is 0.228. The standard InChI is InChI=1S/C27H35FN6O/c1-6-35-26-29-18(2)24-27(3,31-26)34(25(30-24)21-14-22(28)17-32(4)16-21)15-19-9-11-20(12-10-19)23-8-7-13-33(23)5/h9-12,14,16,23H,6-8,13,15,17H2,1-5H3,(H,29,31). The monoisotopic (exact) mass is 478 g/mol. The summed E-state index contributed by atoms with van der Waals surface area (Å²) in [4.78, 5) is 16.4. The third kappa shape index (κ3) is 4.35. The molecule has 35 heavy (non-hydrogen) atoms. The van der Waals surface area contributed by atoms with Crippen molar-refractivity contribution in [2.75, 3.05) is 33.8 Å². The average molecular weight is 479 g/mol. The highest BCUT2D eigenvalue weighted by molar-refractivity contribution is 6.04. The molecule has 0 radical (unpaired) electrons. The van der Waals surface area contributed by atoms with Gasteiger partial charge in [-0.25, -0.2) is 14.4 Å². The first-order valence-electron chi connectivity index (χ1n) is 12.4. The van der Waals surface area contributed by atoms with E-state index < -0.39 is 5.66 Å². The topological polar surface area (TPSA) is 55.7 Å². The summed E-state index contributed by atoms with van der Waals surface area (Å²) in [6.07, 6.45) is 5.98. The molecule has 4 heterocycles. The summed E-state index contributed by atoms with van der Waals surface area (Å²) >= 11 is 0. The molecule has 1 N–H and O–H groups in total. The van der Waals surface area contributed by atoms with E-state index in [0.29, 0.717) is 31.1 Å². The van der Waals surface area contributed by atoms with Gasteiger partial charge in [-0.1, -0.05) is 24.3 Å². The minimum Gasteiger partial charge on any atom is -0.465 e. The van der Waals surface area contributed by atoms with E-state index in [-0.39, 0.29) is 12.4 Å². The van der Waals surface area contributed by atoms with Gasteiger partial charge in [0.1, 0.15) is 17.4 Å². The van der Waals surface area contributed by atoms with Gasteiger partial charge in [0.2, 0.25) is 0 Å². The van der Waals surface area contributed by atoms with Crippen molar-refractivity contribution in [2.24, 2.45) is 9.98 Å². The summed E-state index contributed by atoms with van der Waals surface area (Å²) < 4.78 is 20.2. The van der Waals surface area contributed by atoms with Gasteiger partial charge in [0, 0.05) is 37.1 Å². The third-order valence-electron chi connectivity index (χ3n) is 7.25.